The molecule has 0 saturated heterocycles. The summed E-state index contributed by atoms with van der Waals surface area (Å²) in [5, 5.41) is 2.92. The summed E-state index contributed by atoms with van der Waals surface area (Å²) in [5.74, 6) is 0.700. The second-order valence-electron chi connectivity index (χ2n) is 7.44. The van der Waals surface area contributed by atoms with Crippen LogP contribution < -0.4 is 5.32 Å². The number of carbonyl (C=O) groups excluding carboxylic acids is 2. The van der Waals surface area contributed by atoms with Crippen molar-refractivity contribution in [3.8, 4) is 0 Å². The summed E-state index contributed by atoms with van der Waals surface area (Å²) in [4.78, 5) is 27.1. The van der Waals surface area contributed by atoms with Gasteiger partial charge in [-0.05, 0) is 36.1 Å². The molecule has 6 heteroatoms. The van der Waals surface area contributed by atoms with Gasteiger partial charge in [0.2, 0.25) is 11.8 Å². The summed E-state index contributed by atoms with van der Waals surface area (Å²) < 4.78 is 13.0. The highest BCUT2D eigenvalue weighted by Crippen LogP contribution is 2.16. The van der Waals surface area contributed by atoms with Gasteiger partial charge in [-0.2, -0.15) is 0 Å². The molecule has 0 saturated carbocycles. The minimum absolute atomic E-state index is 0.0897. The van der Waals surface area contributed by atoms with Gasteiger partial charge in [-0.1, -0.05) is 56.3 Å². The molecule has 0 aliphatic carbocycles. The number of amides is 2. The average Bonchev–Trinajstić information content (AvgIpc) is 2.71. The number of nitrogens with zero attached hydrogens (tertiary/aromatic N) is 1. The molecule has 1 atom stereocenters. The lowest BCUT2D eigenvalue weighted by Gasteiger charge is -2.29. The lowest BCUT2D eigenvalue weighted by Crippen LogP contribution is -2.48. The minimum Gasteiger partial charge on any atom is -0.354 e. The fourth-order valence-corrected chi connectivity index (χ4v) is 3.61. The third-order valence-corrected chi connectivity index (χ3v) is 5.44. The highest BCUT2D eigenvalue weighted by molar-refractivity contribution is 7.99. The normalized spacial score (nSPS) is 11.9. The van der Waals surface area contributed by atoms with E-state index in [0.29, 0.717) is 24.8 Å². The summed E-state index contributed by atoms with van der Waals surface area (Å²) in [7, 11) is 0. The zero-order valence-electron chi connectivity index (χ0n) is 17.2. The molecule has 2 aromatic carbocycles. The molecule has 156 valence electrons. The predicted octanol–water partition coefficient (Wildman–Crippen LogP) is 4.25. The molecule has 0 spiro atoms. The topological polar surface area (TPSA) is 49.4 Å². The highest BCUT2D eigenvalue weighted by atomic mass is 32.2. The first-order valence-corrected chi connectivity index (χ1v) is 11.0. The summed E-state index contributed by atoms with van der Waals surface area (Å²) in [5.41, 5.74) is 1.94. The van der Waals surface area contributed by atoms with Crippen LogP contribution in [0.4, 0.5) is 4.39 Å². The SMILES string of the molecule is CC(C)CNC(=O)C(C)N(Cc1ccccc1)C(=O)CSCc1ccc(F)cc1. The zero-order chi connectivity index (χ0) is 21.2. The van der Waals surface area contributed by atoms with Crippen LogP contribution in [0.5, 0.6) is 0 Å². The number of hydrogen-bond acceptors (Lipinski definition) is 3. The molecule has 0 radical (unpaired) electrons. The quantitative estimate of drug-likeness (QED) is 0.630. The molecule has 0 aliphatic heterocycles. The standard InChI is InChI=1S/C23H29FN2O2S/c1-17(2)13-25-23(28)18(3)26(14-19-7-5-4-6-8-19)22(27)16-29-15-20-9-11-21(24)12-10-20/h4-12,17-18H,13-16H2,1-3H3,(H,25,28). The second-order valence-corrected chi connectivity index (χ2v) is 8.43. The van der Waals surface area contributed by atoms with Gasteiger partial charge in [-0.25, -0.2) is 4.39 Å². The Morgan fingerprint density at radius 1 is 1.00 bits per heavy atom. The van der Waals surface area contributed by atoms with Gasteiger partial charge in [0.15, 0.2) is 0 Å². The molecule has 0 fully saturated rings. The van der Waals surface area contributed by atoms with Crippen LogP contribution in [0.25, 0.3) is 0 Å². The lowest BCUT2D eigenvalue weighted by molar-refractivity contribution is -0.138. The molecule has 0 bridgehead atoms. The second kappa shape index (κ2) is 11.6. The van der Waals surface area contributed by atoms with E-state index >= 15 is 0 Å². The molecular weight excluding hydrogens is 387 g/mol. The maximum absolute atomic E-state index is 13.0. The Morgan fingerprint density at radius 3 is 2.28 bits per heavy atom. The monoisotopic (exact) mass is 416 g/mol. The van der Waals surface area contributed by atoms with E-state index in [2.05, 4.69) is 5.32 Å². The van der Waals surface area contributed by atoms with Crippen molar-refractivity contribution in [1.82, 2.24) is 10.2 Å². The maximum atomic E-state index is 13.0. The van der Waals surface area contributed by atoms with Crippen LogP contribution in [-0.2, 0) is 21.9 Å². The maximum Gasteiger partial charge on any atom is 0.242 e. The Bertz CT molecular complexity index is 781. The fraction of sp³-hybridized carbons (Fsp3) is 0.391. The Morgan fingerprint density at radius 2 is 1.66 bits per heavy atom. The van der Waals surface area contributed by atoms with Gasteiger partial charge >= 0.3 is 0 Å². The molecule has 0 heterocycles. The number of benzene rings is 2. The Kier molecular flexibility index (Phi) is 9.19. The summed E-state index contributed by atoms with van der Waals surface area (Å²) >= 11 is 1.46. The van der Waals surface area contributed by atoms with Gasteiger partial charge in [0, 0.05) is 18.8 Å². The number of nitrogens with one attached hydrogen (secondary N) is 1. The Hall–Kier alpha value is -2.34. The first-order valence-electron chi connectivity index (χ1n) is 9.80. The predicted molar refractivity (Wildman–Crippen MR) is 117 cm³/mol. The fourth-order valence-electron chi connectivity index (χ4n) is 2.73. The van der Waals surface area contributed by atoms with E-state index in [-0.39, 0.29) is 23.4 Å². The molecule has 2 amide bonds. The Labute approximate surface area is 176 Å². The molecule has 1 N–H and O–H groups in total. The first kappa shape index (κ1) is 22.9. The third kappa shape index (κ3) is 7.89. The number of hydrogen-bond donors (Lipinski definition) is 1. The van der Waals surface area contributed by atoms with Crippen LogP contribution in [0.2, 0.25) is 0 Å². The van der Waals surface area contributed by atoms with Crippen LogP contribution in [0.1, 0.15) is 31.9 Å². The van der Waals surface area contributed by atoms with Crippen molar-refractivity contribution in [2.24, 2.45) is 5.92 Å². The molecule has 1 unspecified atom stereocenters. The minimum atomic E-state index is -0.562. The van der Waals surface area contributed by atoms with Crippen LogP contribution in [0.3, 0.4) is 0 Å². The molecule has 2 rings (SSSR count). The first-order chi connectivity index (χ1) is 13.9. The van der Waals surface area contributed by atoms with E-state index in [1.165, 1.54) is 23.9 Å². The highest BCUT2D eigenvalue weighted by Gasteiger charge is 2.26. The van der Waals surface area contributed by atoms with Gasteiger partial charge in [0.25, 0.3) is 0 Å². The van der Waals surface area contributed by atoms with Crippen LogP contribution in [-0.4, -0.2) is 35.1 Å². The lowest BCUT2D eigenvalue weighted by atomic mass is 10.1. The van der Waals surface area contributed by atoms with E-state index in [9.17, 15) is 14.0 Å². The van der Waals surface area contributed by atoms with Crippen LogP contribution in [0, 0.1) is 11.7 Å². The smallest absolute Gasteiger partial charge is 0.242 e. The van der Waals surface area contributed by atoms with Crippen molar-refractivity contribution in [2.45, 2.75) is 39.1 Å². The van der Waals surface area contributed by atoms with Gasteiger partial charge < -0.3 is 10.2 Å². The molecular formula is C23H29FN2O2S. The summed E-state index contributed by atoms with van der Waals surface area (Å²) in [6.07, 6.45) is 0. The van der Waals surface area contributed by atoms with Crippen molar-refractivity contribution >= 4 is 23.6 Å². The summed E-state index contributed by atoms with van der Waals surface area (Å²) in [6.45, 7) is 6.79. The largest absolute Gasteiger partial charge is 0.354 e. The number of carbonyl (C=O) groups is 2. The van der Waals surface area contributed by atoms with E-state index in [0.717, 1.165) is 11.1 Å². The molecule has 2 aromatic rings. The van der Waals surface area contributed by atoms with Gasteiger partial charge in [0.1, 0.15) is 11.9 Å². The van der Waals surface area contributed by atoms with Gasteiger partial charge in [-0.3, -0.25) is 9.59 Å². The third-order valence-electron chi connectivity index (χ3n) is 4.46. The van der Waals surface area contributed by atoms with Gasteiger partial charge in [-0.15, -0.1) is 11.8 Å². The number of rotatable bonds is 10. The van der Waals surface area contributed by atoms with Crippen molar-refractivity contribution in [2.75, 3.05) is 12.3 Å². The number of thioether (sulfide) groups is 1. The zero-order valence-corrected chi connectivity index (χ0v) is 18.0. The molecule has 0 aliphatic rings. The Balaban J connectivity index is 2.01. The van der Waals surface area contributed by atoms with E-state index in [1.807, 2.05) is 44.2 Å². The van der Waals surface area contributed by atoms with Crippen molar-refractivity contribution in [3.63, 3.8) is 0 Å². The van der Waals surface area contributed by atoms with Crippen LogP contribution in [0.15, 0.2) is 54.6 Å². The van der Waals surface area contributed by atoms with Crippen molar-refractivity contribution in [3.05, 3.63) is 71.5 Å². The molecule has 29 heavy (non-hydrogen) atoms. The van der Waals surface area contributed by atoms with Crippen molar-refractivity contribution < 1.29 is 14.0 Å². The van der Waals surface area contributed by atoms with E-state index < -0.39 is 6.04 Å². The number of halogens is 1. The summed E-state index contributed by atoms with van der Waals surface area (Å²) in [6, 6.07) is 15.4. The van der Waals surface area contributed by atoms with E-state index in [1.54, 1.807) is 24.0 Å². The van der Waals surface area contributed by atoms with E-state index in [4.69, 9.17) is 0 Å². The van der Waals surface area contributed by atoms with Gasteiger partial charge in [0.05, 0.1) is 5.75 Å². The van der Waals surface area contributed by atoms with Crippen LogP contribution >= 0.6 is 11.8 Å². The average molecular weight is 417 g/mol. The molecule has 4 nitrogen and oxygen atoms in total. The molecule has 0 aromatic heterocycles. The van der Waals surface area contributed by atoms with Crippen molar-refractivity contribution in [1.29, 1.82) is 0 Å².